The molecule has 2 aromatic rings. The third-order valence-electron chi connectivity index (χ3n) is 5.22. The van der Waals surface area contributed by atoms with Gasteiger partial charge in [0.15, 0.2) is 0 Å². The summed E-state index contributed by atoms with van der Waals surface area (Å²) < 4.78 is 33.2. The first-order valence-electron chi connectivity index (χ1n) is 9.85. The van der Waals surface area contributed by atoms with Crippen molar-refractivity contribution >= 4 is 15.9 Å². The second kappa shape index (κ2) is 9.52. The van der Waals surface area contributed by atoms with Crippen LogP contribution in [-0.4, -0.2) is 45.4 Å². The fourth-order valence-electron chi connectivity index (χ4n) is 3.67. The highest BCUT2D eigenvalue weighted by atomic mass is 32.2. The number of carbonyl (C=O) groups excluding carboxylic acids is 1. The Bertz CT molecular complexity index is 942. The Kier molecular flexibility index (Phi) is 7.05. The highest BCUT2D eigenvalue weighted by Gasteiger charge is 2.37. The van der Waals surface area contributed by atoms with Crippen LogP contribution in [0.3, 0.4) is 0 Å². The van der Waals surface area contributed by atoms with Crippen LogP contribution in [0.25, 0.3) is 0 Å². The molecule has 0 saturated heterocycles. The number of benzene rings is 2. The Balaban J connectivity index is 1.87. The maximum absolute atomic E-state index is 13.4. The SMILES string of the molecule is COCCCNC(=O)C[C@H]1c2ccccc2CCN1S(=O)(=O)c1ccc(C)cc1. The molecule has 0 aromatic heterocycles. The third kappa shape index (κ3) is 5.04. The predicted octanol–water partition coefficient (Wildman–Crippen LogP) is 2.83. The van der Waals surface area contributed by atoms with E-state index in [-0.39, 0.29) is 17.2 Å². The molecule has 1 amide bonds. The van der Waals surface area contributed by atoms with E-state index in [1.165, 1.54) is 4.31 Å². The van der Waals surface area contributed by atoms with Crippen molar-refractivity contribution in [1.29, 1.82) is 0 Å². The number of ether oxygens (including phenoxy) is 1. The highest BCUT2D eigenvalue weighted by Crippen LogP contribution is 2.36. The largest absolute Gasteiger partial charge is 0.385 e. The first kappa shape index (κ1) is 21.5. The van der Waals surface area contributed by atoms with Crippen LogP contribution in [0.1, 0.15) is 35.6 Å². The van der Waals surface area contributed by atoms with E-state index < -0.39 is 16.1 Å². The Morgan fingerprint density at radius 1 is 1.17 bits per heavy atom. The van der Waals surface area contributed by atoms with Crippen molar-refractivity contribution in [2.75, 3.05) is 26.8 Å². The van der Waals surface area contributed by atoms with Gasteiger partial charge in [-0.1, -0.05) is 42.0 Å². The number of hydrogen-bond donors (Lipinski definition) is 1. The molecule has 3 rings (SSSR count). The van der Waals surface area contributed by atoms with Gasteiger partial charge >= 0.3 is 0 Å². The molecule has 7 heteroatoms. The first-order valence-corrected chi connectivity index (χ1v) is 11.3. The molecule has 1 atom stereocenters. The molecule has 6 nitrogen and oxygen atoms in total. The van der Waals surface area contributed by atoms with E-state index in [1.54, 1.807) is 31.4 Å². The minimum Gasteiger partial charge on any atom is -0.385 e. The molecular weight excluding hydrogens is 388 g/mol. The molecule has 0 fully saturated rings. The topological polar surface area (TPSA) is 75.7 Å². The summed E-state index contributed by atoms with van der Waals surface area (Å²) in [7, 11) is -2.09. The summed E-state index contributed by atoms with van der Waals surface area (Å²) in [6, 6.07) is 14.1. The Hall–Kier alpha value is -2.22. The number of nitrogens with zero attached hydrogens (tertiary/aromatic N) is 1. The summed E-state index contributed by atoms with van der Waals surface area (Å²) in [6.07, 6.45) is 1.44. The normalized spacial score (nSPS) is 17.0. The molecule has 1 N–H and O–H groups in total. The zero-order valence-electron chi connectivity index (χ0n) is 16.9. The zero-order chi connectivity index (χ0) is 20.9. The van der Waals surface area contributed by atoms with E-state index in [2.05, 4.69) is 5.32 Å². The molecule has 29 heavy (non-hydrogen) atoms. The molecular formula is C22H28N2O4S. The second-order valence-corrected chi connectivity index (χ2v) is 9.18. The average Bonchev–Trinajstić information content (AvgIpc) is 2.71. The number of amides is 1. The summed E-state index contributed by atoms with van der Waals surface area (Å²) in [6.45, 7) is 3.35. The molecule has 0 aliphatic carbocycles. The number of rotatable bonds is 8. The van der Waals surface area contributed by atoms with Crippen molar-refractivity contribution in [1.82, 2.24) is 9.62 Å². The van der Waals surface area contributed by atoms with Crippen LogP contribution in [0, 0.1) is 6.92 Å². The lowest BCUT2D eigenvalue weighted by Gasteiger charge is -2.36. The highest BCUT2D eigenvalue weighted by molar-refractivity contribution is 7.89. The molecule has 0 bridgehead atoms. The molecule has 2 aromatic carbocycles. The van der Waals surface area contributed by atoms with Gasteiger partial charge in [-0.25, -0.2) is 8.42 Å². The summed E-state index contributed by atoms with van der Waals surface area (Å²) in [5, 5.41) is 2.87. The molecule has 0 spiro atoms. The number of fused-ring (bicyclic) bond motifs is 1. The van der Waals surface area contributed by atoms with Crippen LogP contribution in [0.2, 0.25) is 0 Å². The molecule has 1 heterocycles. The third-order valence-corrected chi connectivity index (χ3v) is 7.14. The van der Waals surface area contributed by atoms with Crippen molar-refractivity contribution in [2.24, 2.45) is 0 Å². The van der Waals surface area contributed by atoms with Crippen LogP contribution in [0.15, 0.2) is 53.4 Å². The lowest BCUT2D eigenvalue weighted by molar-refractivity contribution is -0.122. The molecule has 0 radical (unpaired) electrons. The maximum atomic E-state index is 13.4. The number of methoxy groups -OCH3 is 1. The van der Waals surface area contributed by atoms with E-state index in [0.717, 1.165) is 23.1 Å². The quantitative estimate of drug-likeness (QED) is 0.672. The zero-order valence-corrected chi connectivity index (χ0v) is 17.7. The number of carbonyl (C=O) groups is 1. The van der Waals surface area contributed by atoms with Crippen LogP contribution in [-0.2, 0) is 26.0 Å². The molecule has 1 aliphatic heterocycles. The molecule has 0 unspecified atom stereocenters. The van der Waals surface area contributed by atoms with Gasteiger partial charge in [-0.2, -0.15) is 4.31 Å². The summed E-state index contributed by atoms with van der Waals surface area (Å²) >= 11 is 0. The van der Waals surface area contributed by atoms with Gasteiger partial charge in [0, 0.05) is 33.2 Å². The van der Waals surface area contributed by atoms with Crippen molar-refractivity contribution in [3.8, 4) is 0 Å². The lowest BCUT2D eigenvalue weighted by Crippen LogP contribution is -2.42. The molecule has 0 saturated carbocycles. The van der Waals surface area contributed by atoms with Gasteiger partial charge in [0.25, 0.3) is 0 Å². The van der Waals surface area contributed by atoms with Crippen molar-refractivity contribution in [3.63, 3.8) is 0 Å². The van der Waals surface area contributed by atoms with E-state index in [9.17, 15) is 13.2 Å². The van der Waals surface area contributed by atoms with Gasteiger partial charge in [-0.15, -0.1) is 0 Å². The Morgan fingerprint density at radius 2 is 1.90 bits per heavy atom. The molecule has 1 aliphatic rings. The molecule has 156 valence electrons. The standard InChI is InChI=1S/C22H28N2O4S/c1-17-8-10-19(11-9-17)29(26,27)24-14-12-18-6-3-4-7-20(18)21(24)16-22(25)23-13-5-15-28-2/h3-4,6-11,21H,5,12-16H2,1-2H3,(H,23,25)/t21-/m0/s1. The van der Waals surface area contributed by atoms with Crippen LogP contribution in [0.5, 0.6) is 0 Å². The van der Waals surface area contributed by atoms with Gasteiger partial charge in [0.1, 0.15) is 0 Å². The van der Waals surface area contributed by atoms with E-state index in [1.807, 2.05) is 31.2 Å². The fourth-order valence-corrected chi connectivity index (χ4v) is 5.27. The summed E-state index contributed by atoms with van der Waals surface area (Å²) in [5.74, 6) is -0.160. The van der Waals surface area contributed by atoms with Crippen LogP contribution >= 0.6 is 0 Å². The van der Waals surface area contributed by atoms with Crippen LogP contribution in [0.4, 0.5) is 0 Å². The average molecular weight is 417 g/mol. The maximum Gasteiger partial charge on any atom is 0.243 e. The van der Waals surface area contributed by atoms with Crippen molar-refractivity contribution in [2.45, 2.75) is 37.1 Å². The van der Waals surface area contributed by atoms with E-state index in [4.69, 9.17) is 4.74 Å². The fraction of sp³-hybridized carbons (Fsp3) is 0.409. The number of sulfonamides is 1. The van der Waals surface area contributed by atoms with Gasteiger partial charge in [0.2, 0.25) is 15.9 Å². The van der Waals surface area contributed by atoms with Gasteiger partial charge in [-0.05, 0) is 43.0 Å². The van der Waals surface area contributed by atoms with Gasteiger partial charge in [-0.3, -0.25) is 4.79 Å². The lowest BCUT2D eigenvalue weighted by atomic mass is 9.92. The smallest absolute Gasteiger partial charge is 0.243 e. The Labute approximate surface area is 172 Å². The Morgan fingerprint density at radius 3 is 2.62 bits per heavy atom. The summed E-state index contributed by atoms with van der Waals surface area (Å²) in [5.41, 5.74) is 3.00. The first-order chi connectivity index (χ1) is 13.9. The predicted molar refractivity (Wildman–Crippen MR) is 112 cm³/mol. The monoisotopic (exact) mass is 416 g/mol. The van der Waals surface area contributed by atoms with E-state index in [0.29, 0.717) is 26.1 Å². The summed E-state index contributed by atoms with van der Waals surface area (Å²) in [4.78, 5) is 12.8. The van der Waals surface area contributed by atoms with Gasteiger partial charge < -0.3 is 10.1 Å². The minimum absolute atomic E-state index is 0.0923. The van der Waals surface area contributed by atoms with Crippen molar-refractivity contribution < 1.29 is 17.9 Å². The minimum atomic E-state index is -3.71. The number of nitrogens with one attached hydrogen (secondary N) is 1. The second-order valence-electron chi connectivity index (χ2n) is 7.29. The van der Waals surface area contributed by atoms with Crippen molar-refractivity contribution in [3.05, 3.63) is 65.2 Å². The van der Waals surface area contributed by atoms with Crippen LogP contribution < -0.4 is 5.32 Å². The van der Waals surface area contributed by atoms with E-state index >= 15 is 0 Å². The van der Waals surface area contributed by atoms with Gasteiger partial charge in [0.05, 0.1) is 10.9 Å². The number of aryl methyl sites for hydroxylation is 1. The number of hydrogen-bond acceptors (Lipinski definition) is 4.